The molecule has 0 amide bonds. The summed E-state index contributed by atoms with van der Waals surface area (Å²) in [4.78, 5) is 11.6. The van der Waals surface area contributed by atoms with Crippen molar-refractivity contribution >= 4 is 28.9 Å². The molecular formula is C9H7ClO2S. The summed E-state index contributed by atoms with van der Waals surface area (Å²) in [5.74, 6) is 5.28. The smallest absolute Gasteiger partial charge is 0.345 e. The Morgan fingerprint density at radius 3 is 2.92 bits per heavy atom. The van der Waals surface area contributed by atoms with E-state index in [9.17, 15) is 4.79 Å². The zero-order chi connectivity index (χ0) is 9.68. The van der Waals surface area contributed by atoms with E-state index in [0.717, 1.165) is 4.88 Å². The maximum Gasteiger partial charge on any atom is 0.345 e. The number of carbonyl (C=O) groups is 1. The van der Waals surface area contributed by atoms with Gasteiger partial charge in [0.25, 0.3) is 0 Å². The van der Waals surface area contributed by atoms with Gasteiger partial charge in [-0.1, -0.05) is 11.8 Å². The Labute approximate surface area is 85.2 Å². The van der Waals surface area contributed by atoms with Gasteiger partial charge in [0.15, 0.2) is 0 Å². The largest absolute Gasteiger partial charge is 0.477 e. The number of rotatable bonds is 2. The zero-order valence-electron chi connectivity index (χ0n) is 6.71. The summed E-state index contributed by atoms with van der Waals surface area (Å²) in [5.41, 5.74) is 0. The molecule has 0 aliphatic rings. The fourth-order valence-corrected chi connectivity index (χ4v) is 1.53. The number of carboxylic acid groups (broad SMARTS) is 1. The first-order valence-corrected chi connectivity index (χ1v) is 4.97. The van der Waals surface area contributed by atoms with E-state index in [2.05, 4.69) is 11.8 Å². The van der Waals surface area contributed by atoms with E-state index in [-0.39, 0.29) is 0 Å². The molecule has 0 unspecified atom stereocenters. The van der Waals surface area contributed by atoms with Gasteiger partial charge in [-0.2, -0.15) is 0 Å². The van der Waals surface area contributed by atoms with Crippen LogP contribution in [-0.2, 0) is 0 Å². The lowest BCUT2D eigenvalue weighted by atomic mass is 10.4. The van der Waals surface area contributed by atoms with E-state index in [0.29, 0.717) is 17.2 Å². The summed E-state index contributed by atoms with van der Waals surface area (Å²) in [6, 6.07) is 3.26. The first kappa shape index (κ1) is 10.1. The fourth-order valence-electron chi connectivity index (χ4n) is 0.717. The highest BCUT2D eigenvalue weighted by atomic mass is 35.5. The average Bonchev–Trinajstić information content (AvgIpc) is 2.53. The zero-order valence-corrected chi connectivity index (χ0v) is 8.28. The van der Waals surface area contributed by atoms with Crippen molar-refractivity contribution in [2.45, 2.75) is 6.42 Å². The molecule has 1 aromatic heterocycles. The van der Waals surface area contributed by atoms with Crippen LogP contribution in [0.25, 0.3) is 0 Å². The van der Waals surface area contributed by atoms with E-state index < -0.39 is 5.97 Å². The van der Waals surface area contributed by atoms with Gasteiger partial charge in [0.05, 0.1) is 4.88 Å². The number of carboxylic acids is 1. The molecule has 0 radical (unpaired) electrons. The van der Waals surface area contributed by atoms with Crippen molar-refractivity contribution in [2.75, 3.05) is 5.88 Å². The molecule has 13 heavy (non-hydrogen) atoms. The molecule has 0 fully saturated rings. The summed E-state index contributed by atoms with van der Waals surface area (Å²) < 4.78 is 0. The van der Waals surface area contributed by atoms with Crippen molar-refractivity contribution in [1.29, 1.82) is 0 Å². The van der Waals surface area contributed by atoms with Gasteiger partial charge in [0, 0.05) is 12.3 Å². The van der Waals surface area contributed by atoms with Crippen LogP contribution < -0.4 is 0 Å². The Morgan fingerprint density at radius 2 is 2.38 bits per heavy atom. The van der Waals surface area contributed by atoms with E-state index in [1.807, 2.05) is 0 Å². The molecule has 68 valence electrons. The van der Waals surface area contributed by atoms with Crippen LogP contribution in [-0.4, -0.2) is 17.0 Å². The van der Waals surface area contributed by atoms with Crippen molar-refractivity contribution in [3.05, 3.63) is 21.9 Å². The third-order valence-corrected chi connectivity index (χ3v) is 2.43. The Bertz CT molecular complexity index is 359. The summed E-state index contributed by atoms with van der Waals surface area (Å²) in [5, 5.41) is 8.61. The maximum atomic E-state index is 10.5. The molecule has 1 aromatic rings. The van der Waals surface area contributed by atoms with Crippen molar-refractivity contribution < 1.29 is 9.90 Å². The highest BCUT2D eigenvalue weighted by Gasteiger charge is 2.04. The number of alkyl halides is 1. The van der Waals surface area contributed by atoms with Crippen LogP contribution in [0.1, 0.15) is 21.0 Å². The third-order valence-electron chi connectivity index (χ3n) is 1.25. The number of hydrogen-bond acceptors (Lipinski definition) is 2. The number of hydrogen-bond donors (Lipinski definition) is 1. The van der Waals surface area contributed by atoms with E-state index in [4.69, 9.17) is 16.7 Å². The monoisotopic (exact) mass is 214 g/mol. The van der Waals surface area contributed by atoms with Crippen molar-refractivity contribution in [3.63, 3.8) is 0 Å². The molecule has 0 aromatic carbocycles. The highest BCUT2D eigenvalue weighted by molar-refractivity contribution is 7.14. The summed E-state index contributed by atoms with van der Waals surface area (Å²) in [6.45, 7) is 0. The van der Waals surface area contributed by atoms with E-state index in [1.54, 1.807) is 12.1 Å². The van der Waals surface area contributed by atoms with E-state index in [1.165, 1.54) is 11.3 Å². The van der Waals surface area contributed by atoms with Gasteiger partial charge < -0.3 is 5.11 Å². The van der Waals surface area contributed by atoms with Gasteiger partial charge in [-0.15, -0.1) is 22.9 Å². The lowest BCUT2D eigenvalue weighted by molar-refractivity contribution is 0.0702. The summed E-state index contributed by atoms with van der Waals surface area (Å²) in [7, 11) is 0. The predicted octanol–water partition coefficient (Wildman–Crippen LogP) is 2.43. The lowest BCUT2D eigenvalue weighted by Crippen LogP contribution is -1.89. The Kier molecular flexibility index (Phi) is 3.81. The molecule has 2 nitrogen and oxygen atoms in total. The van der Waals surface area contributed by atoms with Gasteiger partial charge in [-0.3, -0.25) is 0 Å². The molecule has 0 aliphatic carbocycles. The van der Waals surface area contributed by atoms with Gasteiger partial charge in [0.1, 0.15) is 4.88 Å². The second kappa shape index (κ2) is 4.90. The van der Waals surface area contributed by atoms with E-state index >= 15 is 0 Å². The summed E-state index contributed by atoms with van der Waals surface area (Å²) >= 11 is 6.61. The van der Waals surface area contributed by atoms with Gasteiger partial charge in [-0.05, 0) is 12.1 Å². The molecule has 0 atom stereocenters. The van der Waals surface area contributed by atoms with Crippen LogP contribution in [0.4, 0.5) is 0 Å². The molecule has 4 heteroatoms. The third kappa shape index (κ3) is 3.10. The first-order valence-electron chi connectivity index (χ1n) is 3.62. The average molecular weight is 215 g/mol. The van der Waals surface area contributed by atoms with Crippen LogP contribution >= 0.6 is 22.9 Å². The normalized spacial score (nSPS) is 9.00. The Balaban J connectivity index is 2.71. The number of thiophene rings is 1. The lowest BCUT2D eigenvalue weighted by Gasteiger charge is -1.81. The molecule has 0 aliphatic heterocycles. The minimum Gasteiger partial charge on any atom is -0.477 e. The topological polar surface area (TPSA) is 37.3 Å². The molecule has 0 saturated heterocycles. The second-order valence-electron chi connectivity index (χ2n) is 2.21. The first-order chi connectivity index (χ1) is 6.24. The fraction of sp³-hybridized carbons (Fsp3) is 0.222. The van der Waals surface area contributed by atoms with Crippen LogP contribution in [0, 0.1) is 11.8 Å². The van der Waals surface area contributed by atoms with Crippen molar-refractivity contribution in [3.8, 4) is 11.8 Å². The van der Waals surface area contributed by atoms with Gasteiger partial charge in [-0.25, -0.2) is 4.79 Å². The second-order valence-corrected chi connectivity index (χ2v) is 3.67. The summed E-state index contributed by atoms with van der Waals surface area (Å²) in [6.07, 6.45) is 0.627. The SMILES string of the molecule is O=C(O)c1ccc(C#CCCCl)s1. The standard InChI is InChI=1S/C9H7ClO2S/c10-6-2-1-3-7-4-5-8(13-7)9(11)12/h4-5H,2,6H2,(H,11,12). The minimum atomic E-state index is -0.907. The maximum absolute atomic E-state index is 10.5. The number of aromatic carboxylic acids is 1. The molecule has 1 rings (SSSR count). The molecule has 0 saturated carbocycles. The Morgan fingerprint density at radius 1 is 1.62 bits per heavy atom. The van der Waals surface area contributed by atoms with Crippen LogP contribution in [0.15, 0.2) is 12.1 Å². The highest BCUT2D eigenvalue weighted by Crippen LogP contribution is 2.14. The van der Waals surface area contributed by atoms with Crippen LogP contribution in [0.2, 0.25) is 0 Å². The van der Waals surface area contributed by atoms with Gasteiger partial charge >= 0.3 is 5.97 Å². The van der Waals surface area contributed by atoms with Crippen molar-refractivity contribution in [1.82, 2.24) is 0 Å². The Hall–Kier alpha value is -0.980. The molecule has 0 spiro atoms. The van der Waals surface area contributed by atoms with Gasteiger partial charge in [0.2, 0.25) is 0 Å². The number of halogens is 1. The minimum absolute atomic E-state index is 0.315. The quantitative estimate of drug-likeness (QED) is 0.607. The molecule has 0 bridgehead atoms. The van der Waals surface area contributed by atoms with Crippen molar-refractivity contribution in [2.24, 2.45) is 0 Å². The van der Waals surface area contributed by atoms with Crippen LogP contribution in [0.5, 0.6) is 0 Å². The van der Waals surface area contributed by atoms with Crippen LogP contribution in [0.3, 0.4) is 0 Å². The molecule has 1 N–H and O–H groups in total. The predicted molar refractivity (Wildman–Crippen MR) is 53.5 cm³/mol. The molecular weight excluding hydrogens is 208 g/mol. The molecule has 1 heterocycles.